The van der Waals surface area contributed by atoms with Crippen LogP contribution in [0.15, 0.2) is 22.8 Å². The van der Waals surface area contributed by atoms with E-state index in [1.54, 1.807) is 11.1 Å². The molecule has 86 valence electrons. The van der Waals surface area contributed by atoms with E-state index < -0.39 is 0 Å². The third-order valence-corrected chi connectivity index (χ3v) is 3.85. The van der Waals surface area contributed by atoms with Crippen LogP contribution in [0.3, 0.4) is 0 Å². The minimum Gasteiger partial charge on any atom is -0.0670 e. The highest BCUT2D eigenvalue weighted by Gasteiger charge is 2.18. The van der Waals surface area contributed by atoms with E-state index in [0.717, 1.165) is 11.8 Å². The first-order valence-electron chi connectivity index (χ1n) is 6.47. The van der Waals surface area contributed by atoms with E-state index in [9.17, 15) is 0 Å². The summed E-state index contributed by atoms with van der Waals surface area (Å²) in [7, 11) is 0. The first-order valence-corrected chi connectivity index (χ1v) is 6.47. The summed E-state index contributed by atoms with van der Waals surface area (Å²) >= 11 is 0. The summed E-state index contributed by atoms with van der Waals surface area (Å²) in [5, 5.41) is 0. The molecule has 2 unspecified atom stereocenters. The van der Waals surface area contributed by atoms with Crippen LogP contribution in [-0.4, -0.2) is 0 Å². The zero-order valence-electron chi connectivity index (χ0n) is 11.1. The summed E-state index contributed by atoms with van der Waals surface area (Å²) in [6.45, 7) is 11.6. The van der Waals surface area contributed by atoms with Crippen molar-refractivity contribution >= 4 is 0 Å². The van der Waals surface area contributed by atoms with Crippen molar-refractivity contribution in [1.29, 1.82) is 0 Å². The van der Waals surface area contributed by atoms with Gasteiger partial charge in [-0.3, -0.25) is 0 Å². The molecule has 0 bridgehead atoms. The molecule has 0 heteroatoms. The van der Waals surface area contributed by atoms with Gasteiger partial charge in [-0.15, -0.1) is 0 Å². The van der Waals surface area contributed by atoms with E-state index in [0.29, 0.717) is 0 Å². The molecular formula is C15H26. The molecule has 0 fully saturated rings. The highest BCUT2D eigenvalue weighted by Crippen LogP contribution is 2.34. The Bertz CT molecular complexity index is 268. The summed E-state index contributed by atoms with van der Waals surface area (Å²) in [6.07, 6.45) is 7.58. The molecule has 2 atom stereocenters. The Hall–Kier alpha value is -0.520. The van der Waals surface area contributed by atoms with Gasteiger partial charge in [0, 0.05) is 0 Å². The van der Waals surface area contributed by atoms with Crippen molar-refractivity contribution in [3.05, 3.63) is 22.8 Å². The van der Waals surface area contributed by atoms with Crippen LogP contribution >= 0.6 is 0 Å². The second-order valence-corrected chi connectivity index (χ2v) is 5.18. The first-order chi connectivity index (χ1) is 7.08. The molecule has 1 rings (SSSR count). The van der Waals surface area contributed by atoms with Crippen LogP contribution in [0.1, 0.15) is 60.3 Å². The molecule has 1 aliphatic rings. The van der Waals surface area contributed by atoms with Crippen molar-refractivity contribution in [3.8, 4) is 0 Å². The minimum absolute atomic E-state index is 0.776. The molecule has 0 spiro atoms. The summed E-state index contributed by atoms with van der Waals surface area (Å²) in [5.74, 6) is 1.62. The molecular weight excluding hydrogens is 180 g/mol. The van der Waals surface area contributed by atoms with Crippen molar-refractivity contribution in [1.82, 2.24) is 0 Å². The average Bonchev–Trinajstić information content (AvgIpc) is 2.22. The van der Waals surface area contributed by atoms with Gasteiger partial charge < -0.3 is 0 Å². The molecule has 0 heterocycles. The van der Waals surface area contributed by atoms with Crippen molar-refractivity contribution in [3.63, 3.8) is 0 Å². The fourth-order valence-electron chi connectivity index (χ4n) is 2.41. The fraction of sp³-hybridized carbons (Fsp3) is 0.733. The third-order valence-electron chi connectivity index (χ3n) is 3.85. The fourth-order valence-corrected chi connectivity index (χ4v) is 2.41. The minimum atomic E-state index is 0.776. The van der Waals surface area contributed by atoms with Gasteiger partial charge in [-0.2, -0.15) is 0 Å². The van der Waals surface area contributed by atoms with Crippen molar-refractivity contribution < 1.29 is 0 Å². The Morgan fingerprint density at radius 2 is 2.07 bits per heavy atom. The zero-order chi connectivity index (χ0) is 11.4. The highest BCUT2D eigenvalue weighted by atomic mass is 14.2. The summed E-state index contributed by atoms with van der Waals surface area (Å²) < 4.78 is 0. The number of allylic oxidation sites excluding steroid dienone is 4. The van der Waals surface area contributed by atoms with Gasteiger partial charge in [-0.1, -0.05) is 56.9 Å². The Balaban J connectivity index is 2.76. The summed E-state index contributed by atoms with van der Waals surface area (Å²) in [6, 6.07) is 0. The van der Waals surface area contributed by atoms with Crippen molar-refractivity contribution in [2.45, 2.75) is 60.3 Å². The smallest absolute Gasteiger partial charge is 0.0191 e. The monoisotopic (exact) mass is 206 g/mol. The molecule has 15 heavy (non-hydrogen) atoms. The van der Waals surface area contributed by atoms with E-state index in [1.165, 1.54) is 31.3 Å². The Morgan fingerprint density at radius 3 is 2.60 bits per heavy atom. The van der Waals surface area contributed by atoms with Crippen LogP contribution < -0.4 is 0 Å². The van der Waals surface area contributed by atoms with Crippen LogP contribution in [0, 0.1) is 11.8 Å². The average molecular weight is 206 g/mol. The van der Waals surface area contributed by atoms with Crippen LogP contribution in [0.5, 0.6) is 0 Å². The molecule has 0 saturated heterocycles. The number of hydrogen-bond donors (Lipinski definition) is 0. The summed E-state index contributed by atoms with van der Waals surface area (Å²) in [4.78, 5) is 0. The molecule has 0 N–H and O–H groups in total. The lowest BCUT2D eigenvalue weighted by Gasteiger charge is -2.25. The second-order valence-electron chi connectivity index (χ2n) is 5.18. The van der Waals surface area contributed by atoms with Gasteiger partial charge >= 0.3 is 0 Å². The largest absolute Gasteiger partial charge is 0.0670 e. The van der Waals surface area contributed by atoms with E-state index in [1.807, 2.05) is 0 Å². The van der Waals surface area contributed by atoms with Gasteiger partial charge in [-0.05, 0) is 38.0 Å². The van der Waals surface area contributed by atoms with E-state index in [2.05, 4.69) is 40.7 Å². The normalized spacial score (nSPS) is 24.1. The zero-order valence-corrected chi connectivity index (χ0v) is 11.1. The molecule has 1 aliphatic carbocycles. The van der Waals surface area contributed by atoms with E-state index in [-0.39, 0.29) is 0 Å². The maximum Gasteiger partial charge on any atom is -0.0191 e. The molecule has 0 nitrogen and oxygen atoms in total. The van der Waals surface area contributed by atoms with Crippen LogP contribution in [0.2, 0.25) is 0 Å². The Morgan fingerprint density at radius 1 is 1.40 bits per heavy atom. The number of rotatable bonds is 4. The van der Waals surface area contributed by atoms with Gasteiger partial charge in [0.25, 0.3) is 0 Å². The second kappa shape index (κ2) is 5.53. The van der Waals surface area contributed by atoms with Crippen LogP contribution in [0.25, 0.3) is 0 Å². The summed E-state index contributed by atoms with van der Waals surface area (Å²) in [5.41, 5.74) is 4.88. The molecule has 0 aromatic carbocycles. The van der Waals surface area contributed by atoms with Crippen molar-refractivity contribution in [2.75, 3.05) is 0 Å². The maximum atomic E-state index is 2.46. The first kappa shape index (κ1) is 12.5. The lowest BCUT2D eigenvalue weighted by atomic mass is 9.80. The van der Waals surface area contributed by atoms with Gasteiger partial charge in [0.2, 0.25) is 0 Å². The standard InChI is InChI=1S/C15H26/c1-6-11(3)8-15-10-12(4)14(7-2)9-13(15)5/h10-11,13H,6-9H2,1-5H3. The lowest BCUT2D eigenvalue weighted by Crippen LogP contribution is -2.10. The van der Waals surface area contributed by atoms with Gasteiger partial charge in [0.15, 0.2) is 0 Å². The van der Waals surface area contributed by atoms with Crippen molar-refractivity contribution in [2.24, 2.45) is 11.8 Å². The topological polar surface area (TPSA) is 0 Å². The van der Waals surface area contributed by atoms with Gasteiger partial charge in [0.1, 0.15) is 0 Å². The Kier molecular flexibility index (Phi) is 4.63. The Labute approximate surface area is 95.5 Å². The maximum absolute atomic E-state index is 2.46. The lowest BCUT2D eigenvalue weighted by molar-refractivity contribution is 0.505. The molecule has 0 aromatic heterocycles. The van der Waals surface area contributed by atoms with E-state index >= 15 is 0 Å². The van der Waals surface area contributed by atoms with Crippen LogP contribution in [0.4, 0.5) is 0 Å². The van der Waals surface area contributed by atoms with Gasteiger partial charge in [-0.25, -0.2) is 0 Å². The molecule has 0 aliphatic heterocycles. The predicted octanol–water partition coefficient (Wildman–Crippen LogP) is 5.12. The molecule has 0 amide bonds. The highest BCUT2D eigenvalue weighted by molar-refractivity contribution is 5.33. The third kappa shape index (κ3) is 3.22. The molecule has 0 aromatic rings. The van der Waals surface area contributed by atoms with E-state index in [4.69, 9.17) is 0 Å². The van der Waals surface area contributed by atoms with Crippen LogP contribution in [-0.2, 0) is 0 Å². The predicted molar refractivity (Wildman–Crippen MR) is 68.9 cm³/mol. The molecule has 0 radical (unpaired) electrons. The van der Waals surface area contributed by atoms with Gasteiger partial charge in [0.05, 0.1) is 0 Å². The molecule has 0 saturated carbocycles. The SMILES string of the molecule is CCC1=C(C)C=C(CC(C)CC)C(C)C1. The quantitative estimate of drug-likeness (QED) is 0.599. The number of hydrogen-bond acceptors (Lipinski definition) is 0.